The average molecular weight is 1060 g/mol. The second kappa shape index (κ2) is 27.4. The molecule has 1 aromatic carbocycles. The van der Waals surface area contributed by atoms with Crippen LogP contribution in [0.3, 0.4) is 0 Å². The SMILES string of the molecule is CCC1C=C(C)C(F)C(C)CC(OC)C2OC(O)(C(=O)C(=O)N3CCCCC3C(=O)OC(C(C)=CC3CCC(OCCNCc4ccccc4)C(OC)C3)C(C)C(O[Si](C)(C)C(C)(C)C)CC1=O)C(C)CC2OC. The van der Waals surface area contributed by atoms with Gasteiger partial charge in [0.15, 0.2) is 8.32 Å². The van der Waals surface area contributed by atoms with Crippen molar-refractivity contribution in [3.8, 4) is 0 Å². The van der Waals surface area contributed by atoms with Gasteiger partial charge in [-0.15, -0.1) is 0 Å². The Kier molecular flexibility index (Phi) is 22.8. The van der Waals surface area contributed by atoms with E-state index in [2.05, 4.69) is 57.4 Å². The van der Waals surface area contributed by atoms with Gasteiger partial charge in [0.2, 0.25) is 5.79 Å². The van der Waals surface area contributed by atoms with Gasteiger partial charge in [0.05, 0.1) is 37.1 Å². The van der Waals surface area contributed by atoms with E-state index in [0.717, 1.165) is 25.0 Å². The van der Waals surface area contributed by atoms with Crippen LogP contribution in [0.5, 0.6) is 0 Å². The molecular formula is C58H93FN2O12Si. The van der Waals surface area contributed by atoms with Gasteiger partial charge in [-0.05, 0) is 118 Å². The number of hydrogen-bond donors (Lipinski definition) is 2. The van der Waals surface area contributed by atoms with Crippen LogP contribution < -0.4 is 5.32 Å². The summed E-state index contributed by atoms with van der Waals surface area (Å²) in [7, 11) is 2.02. The largest absolute Gasteiger partial charge is 0.456 e. The molecule has 418 valence electrons. The quantitative estimate of drug-likeness (QED) is 0.0595. The molecule has 16 heteroatoms. The van der Waals surface area contributed by atoms with Gasteiger partial charge in [-0.3, -0.25) is 14.4 Å². The molecule has 3 heterocycles. The van der Waals surface area contributed by atoms with Gasteiger partial charge >= 0.3 is 5.97 Å². The lowest BCUT2D eigenvalue weighted by Gasteiger charge is -2.47. The highest BCUT2D eigenvalue weighted by atomic mass is 28.4. The fraction of sp³-hybridized carbons (Fsp3) is 0.759. The van der Waals surface area contributed by atoms with Crippen molar-refractivity contribution in [2.75, 3.05) is 41.0 Å². The summed E-state index contributed by atoms with van der Waals surface area (Å²) in [5.41, 5.74) is 2.36. The Morgan fingerprint density at radius 2 is 1.58 bits per heavy atom. The second-order valence-electron chi connectivity index (χ2n) is 23.5. The first-order valence-electron chi connectivity index (χ1n) is 27.5. The van der Waals surface area contributed by atoms with E-state index in [0.29, 0.717) is 44.4 Å². The molecule has 5 rings (SSSR count). The number of carbonyl (C=O) groups is 4. The van der Waals surface area contributed by atoms with Crippen LogP contribution in [0, 0.1) is 29.6 Å². The molecule has 1 saturated carbocycles. The molecule has 3 aliphatic heterocycles. The predicted octanol–water partition coefficient (Wildman–Crippen LogP) is 9.26. The molecule has 1 aromatic rings. The number of hydrogen-bond acceptors (Lipinski definition) is 13. The maximum Gasteiger partial charge on any atom is 0.329 e. The fourth-order valence-electron chi connectivity index (χ4n) is 11.3. The molecule has 2 saturated heterocycles. The van der Waals surface area contributed by atoms with E-state index in [-0.39, 0.29) is 61.2 Å². The number of rotatable bonds is 14. The van der Waals surface area contributed by atoms with Gasteiger partial charge in [-0.2, -0.15) is 0 Å². The maximum absolute atomic E-state index is 16.7. The normalized spacial score (nSPS) is 35.1. The lowest BCUT2D eigenvalue weighted by molar-refractivity contribution is -0.302. The van der Waals surface area contributed by atoms with Crippen LogP contribution in [0.1, 0.15) is 132 Å². The number of piperidine rings is 1. The topological polar surface area (TPSA) is 168 Å². The number of esters is 1. The smallest absolute Gasteiger partial charge is 0.329 e. The first-order chi connectivity index (χ1) is 34.9. The van der Waals surface area contributed by atoms with Crippen molar-refractivity contribution >= 4 is 31.8 Å². The Balaban J connectivity index is 1.54. The summed E-state index contributed by atoms with van der Waals surface area (Å²) in [5.74, 6) is -8.40. The Labute approximate surface area is 443 Å². The zero-order valence-corrected chi connectivity index (χ0v) is 48.3. The molecule has 1 aliphatic carbocycles. The number of cyclic esters (lactones) is 1. The van der Waals surface area contributed by atoms with Gasteiger partial charge in [-0.1, -0.05) is 91.0 Å². The number of ether oxygens (including phenoxy) is 6. The highest BCUT2D eigenvalue weighted by Crippen LogP contribution is 2.42. The molecule has 15 unspecified atom stereocenters. The van der Waals surface area contributed by atoms with Crippen LogP contribution in [0.15, 0.2) is 53.6 Å². The minimum Gasteiger partial charge on any atom is -0.456 e. The van der Waals surface area contributed by atoms with Crippen LogP contribution in [0.4, 0.5) is 4.39 Å². The van der Waals surface area contributed by atoms with Crippen LogP contribution in [-0.4, -0.2) is 144 Å². The standard InChI is InChI=1S/C58H93FN2O12Si/c1-15-43-30-36(2)51(59)37(3)31-49(68-11)53-50(69-12)32-39(5)58(66,72-53)54(63)55(64)61-27-20-19-23-44(61)56(65)71-52(40(6)47(34-45(43)62)73-74(13,14)57(7,8)9)38(4)29-42-24-25-46(48(33-42)67-10)70-28-26-60-35-41-21-17-16-18-22-41/h16-18,21-22,29-30,37,39-40,42-44,46-53,60,66H,15,19-20,23-28,31-35H2,1-14H3. The predicted molar refractivity (Wildman–Crippen MR) is 286 cm³/mol. The van der Waals surface area contributed by atoms with E-state index in [1.54, 1.807) is 34.0 Å². The fourth-order valence-corrected chi connectivity index (χ4v) is 12.7. The first kappa shape index (κ1) is 61.7. The molecule has 4 aliphatic rings. The summed E-state index contributed by atoms with van der Waals surface area (Å²) in [4.78, 5) is 60.2. The molecule has 0 spiro atoms. The number of nitrogens with zero attached hydrogens (tertiary/aromatic N) is 1. The molecule has 0 aromatic heterocycles. The van der Waals surface area contributed by atoms with Gasteiger partial charge in [0, 0.05) is 65.1 Å². The van der Waals surface area contributed by atoms with Gasteiger partial charge in [0.1, 0.15) is 30.2 Å². The van der Waals surface area contributed by atoms with E-state index < -0.39 is 98.2 Å². The molecule has 74 heavy (non-hydrogen) atoms. The minimum atomic E-state index is -2.62. The number of alkyl halides is 1. The third-order valence-corrected chi connectivity index (χ3v) is 21.6. The zero-order chi connectivity index (χ0) is 54.7. The lowest BCUT2D eigenvalue weighted by atomic mass is 9.81. The van der Waals surface area contributed by atoms with Crippen molar-refractivity contribution < 1.29 is 61.5 Å². The molecule has 1 amide bonds. The van der Waals surface area contributed by atoms with Crippen LogP contribution in [0.25, 0.3) is 0 Å². The summed E-state index contributed by atoms with van der Waals surface area (Å²) in [5, 5.41) is 15.5. The number of methoxy groups -OCH3 is 3. The number of benzene rings is 1. The molecule has 2 bridgehead atoms. The average Bonchev–Trinajstić information content (AvgIpc) is 3.37. The third kappa shape index (κ3) is 15.3. The number of amides is 1. The third-order valence-electron chi connectivity index (χ3n) is 17.1. The van der Waals surface area contributed by atoms with E-state index in [1.807, 2.05) is 39.0 Å². The number of fused-ring (bicyclic) bond motifs is 3. The van der Waals surface area contributed by atoms with Crippen molar-refractivity contribution in [2.24, 2.45) is 29.6 Å². The van der Waals surface area contributed by atoms with E-state index in [9.17, 15) is 19.5 Å². The number of halogens is 1. The summed E-state index contributed by atoms with van der Waals surface area (Å²) >= 11 is 0. The Morgan fingerprint density at radius 1 is 0.919 bits per heavy atom. The molecular weight excluding hydrogens is 964 g/mol. The van der Waals surface area contributed by atoms with Gasteiger partial charge < -0.3 is 48.2 Å². The number of Topliss-reactive ketones (excluding diaryl/α,β-unsaturated/α-hetero) is 2. The molecule has 2 N–H and O–H groups in total. The Morgan fingerprint density at radius 3 is 2.22 bits per heavy atom. The number of ketones is 2. The molecule has 3 fully saturated rings. The lowest BCUT2D eigenvalue weighted by Crippen LogP contribution is -2.64. The first-order valence-corrected chi connectivity index (χ1v) is 30.4. The molecule has 0 radical (unpaired) electrons. The summed E-state index contributed by atoms with van der Waals surface area (Å²) in [6, 6.07) is 9.08. The van der Waals surface area contributed by atoms with Crippen molar-refractivity contribution in [1.29, 1.82) is 0 Å². The van der Waals surface area contributed by atoms with Crippen LogP contribution in [-0.2, 0) is 58.6 Å². The van der Waals surface area contributed by atoms with Crippen molar-refractivity contribution in [2.45, 2.75) is 212 Å². The maximum atomic E-state index is 16.7. The minimum absolute atomic E-state index is 0.0132. The monoisotopic (exact) mass is 1060 g/mol. The summed E-state index contributed by atoms with van der Waals surface area (Å²) in [6.45, 7) is 23.6. The number of allylic oxidation sites excluding steroid dienone is 3. The zero-order valence-electron chi connectivity index (χ0n) is 47.3. The van der Waals surface area contributed by atoms with Crippen LogP contribution >= 0.6 is 0 Å². The Hall–Kier alpha value is -3.19. The summed E-state index contributed by atoms with van der Waals surface area (Å²) < 4.78 is 61.1. The van der Waals surface area contributed by atoms with Crippen molar-refractivity contribution in [3.05, 3.63) is 59.2 Å². The van der Waals surface area contributed by atoms with E-state index >= 15 is 9.18 Å². The highest BCUT2D eigenvalue weighted by Gasteiger charge is 2.57. The van der Waals surface area contributed by atoms with Gasteiger partial charge in [-0.25, -0.2) is 9.18 Å². The van der Waals surface area contributed by atoms with Crippen molar-refractivity contribution in [3.63, 3.8) is 0 Å². The summed E-state index contributed by atoms with van der Waals surface area (Å²) in [6.07, 6.45) is 2.08. The molecule has 15 atom stereocenters. The van der Waals surface area contributed by atoms with E-state index in [4.69, 9.17) is 32.8 Å². The van der Waals surface area contributed by atoms with Crippen molar-refractivity contribution in [1.82, 2.24) is 10.2 Å². The number of carbonyl (C=O) groups excluding carboxylic acids is 4. The number of nitrogens with one attached hydrogen (secondary N) is 1. The number of aliphatic hydroxyl groups is 1. The highest BCUT2D eigenvalue weighted by molar-refractivity contribution is 6.74. The van der Waals surface area contributed by atoms with E-state index in [1.165, 1.54) is 24.7 Å². The Bertz CT molecular complexity index is 2070. The van der Waals surface area contributed by atoms with Gasteiger partial charge in [0.25, 0.3) is 11.7 Å². The van der Waals surface area contributed by atoms with Crippen LogP contribution in [0.2, 0.25) is 18.1 Å². The molecule has 14 nitrogen and oxygen atoms in total. The second-order valence-corrected chi connectivity index (χ2v) is 28.2.